The molecule has 1 aromatic rings. The van der Waals surface area contributed by atoms with Crippen molar-refractivity contribution in [2.45, 2.75) is 32.9 Å². The number of hydrogen-bond acceptors (Lipinski definition) is 4. The molecular weight excluding hydrogens is 246 g/mol. The first-order valence-electron chi connectivity index (χ1n) is 6.31. The van der Waals surface area contributed by atoms with Crippen LogP contribution in [0.2, 0.25) is 0 Å². The van der Waals surface area contributed by atoms with E-state index in [2.05, 4.69) is 10.6 Å². The highest BCUT2D eigenvalue weighted by Crippen LogP contribution is 2.20. The van der Waals surface area contributed by atoms with Crippen LogP contribution >= 0.6 is 0 Å². The van der Waals surface area contributed by atoms with Gasteiger partial charge in [-0.05, 0) is 40.0 Å². The standard InChI is InChI=1S/C13H21N3O3/c1-5-14-13(18)15-12(17)10(3)16(4)9(2)11-7-6-8-19-11/h6-10H,5H2,1-4H3,(H2,14,15,17,18)/t9-,10-/m0/s1. The molecule has 0 fully saturated rings. The maximum atomic E-state index is 11.9. The predicted molar refractivity (Wildman–Crippen MR) is 71.6 cm³/mol. The van der Waals surface area contributed by atoms with Gasteiger partial charge in [0.15, 0.2) is 0 Å². The highest BCUT2D eigenvalue weighted by atomic mass is 16.3. The van der Waals surface area contributed by atoms with E-state index < -0.39 is 12.1 Å². The third-order valence-electron chi connectivity index (χ3n) is 3.13. The summed E-state index contributed by atoms with van der Waals surface area (Å²) < 4.78 is 5.31. The molecule has 19 heavy (non-hydrogen) atoms. The van der Waals surface area contributed by atoms with Gasteiger partial charge < -0.3 is 9.73 Å². The predicted octanol–water partition coefficient (Wildman–Crippen LogP) is 1.51. The number of nitrogens with zero attached hydrogens (tertiary/aromatic N) is 1. The van der Waals surface area contributed by atoms with E-state index in [0.717, 1.165) is 5.76 Å². The molecule has 3 amide bonds. The number of carbonyl (C=O) groups is 2. The second-order valence-corrected chi connectivity index (χ2v) is 4.38. The quantitative estimate of drug-likeness (QED) is 0.848. The highest BCUT2D eigenvalue weighted by Gasteiger charge is 2.25. The Morgan fingerprint density at radius 1 is 1.42 bits per heavy atom. The SMILES string of the molecule is CCNC(=O)NC(=O)[C@H](C)N(C)[C@@H](C)c1ccco1. The summed E-state index contributed by atoms with van der Waals surface area (Å²) in [5, 5.41) is 4.82. The minimum Gasteiger partial charge on any atom is -0.468 e. The highest BCUT2D eigenvalue weighted by molar-refractivity contribution is 5.96. The lowest BCUT2D eigenvalue weighted by atomic mass is 10.1. The van der Waals surface area contributed by atoms with Crippen molar-refractivity contribution < 1.29 is 14.0 Å². The molecule has 0 aromatic carbocycles. The number of amides is 3. The number of hydrogen-bond donors (Lipinski definition) is 2. The summed E-state index contributed by atoms with van der Waals surface area (Å²) in [6, 6.07) is 2.69. The molecule has 0 saturated heterocycles. The molecule has 0 spiro atoms. The zero-order valence-corrected chi connectivity index (χ0v) is 11.8. The molecule has 6 heteroatoms. The summed E-state index contributed by atoms with van der Waals surface area (Å²) >= 11 is 0. The van der Waals surface area contributed by atoms with Crippen molar-refractivity contribution in [3.05, 3.63) is 24.2 Å². The monoisotopic (exact) mass is 267 g/mol. The van der Waals surface area contributed by atoms with E-state index in [1.54, 1.807) is 26.2 Å². The van der Waals surface area contributed by atoms with E-state index in [-0.39, 0.29) is 11.9 Å². The number of rotatable bonds is 5. The van der Waals surface area contributed by atoms with E-state index in [1.807, 2.05) is 24.9 Å². The van der Waals surface area contributed by atoms with Gasteiger partial charge in [0.25, 0.3) is 0 Å². The molecule has 1 aromatic heterocycles. The van der Waals surface area contributed by atoms with Gasteiger partial charge in [-0.25, -0.2) is 4.79 Å². The minimum absolute atomic E-state index is 0.0509. The van der Waals surface area contributed by atoms with E-state index in [1.165, 1.54) is 0 Å². The van der Waals surface area contributed by atoms with Crippen LogP contribution < -0.4 is 10.6 Å². The van der Waals surface area contributed by atoms with Crippen molar-refractivity contribution in [2.75, 3.05) is 13.6 Å². The second-order valence-electron chi connectivity index (χ2n) is 4.38. The molecule has 2 N–H and O–H groups in total. The molecule has 6 nitrogen and oxygen atoms in total. The number of imide groups is 1. The van der Waals surface area contributed by atoms with Crippen LogP contribution in [0, 0.1) is 0 Å². The van der Waals surface area contributed by atoms with Gasteiger partial charge in [0.05, 0.1) is 18.3 Å². The van der Waals surface area contributed by atoms with Crippen LogP contribution in [0.25, 0.3) is 0 Å². The molecule has 0 radical (unpaired) electrons. The second kappa shape index (κ2) is 6.94. The Bertz CT molecular complexity index is 417. The number of nitrogens with one attached hydrogen (secondary N) is 2. The van der Waals surface area contributed by atoms with Gasteiger partial charge in [-0.2, -0.15) is 0 Å². The molecule has 2 atom stereocenters. The van der Waals surface area contributed by atoms with E-state index in [9.17, 15) is 9.59 Å². The smallest absolute Gasteiger partial charge is 0.321 e. The Hall–Kier alpha value is -1.82. The fourth-order valence-electron chi connectivity index (χ4n) is 1.67. The van der Waals surface area contributed by atoms with Gasteiger partial charge >= 0.3 is 6.03 Å². The first-order valence-corrected chi connectivity index (χ1v) is 6.31. The van der Waals surface area contributed by atoms with Gasteiger partial charge in [0.1, 0.15) is 5.76 Å². The molecule has 0 aliphatic carbocycles. The molecule has 0 saturated carbocycles. The summed E-state index contributed by atoms with van der Waals surface area (Å²) in [5.41, 5.74) is 0. The van der Waals surface area contributed by atoms with Crippen LogP contribution in [0.5, 0.6) is 0 Å². The van der Waals surface area contributed by atoms with Gasteiger partial charge in [-0.15, -0.1) is 0 Å². The van der Waals surface area contributed by atoms with Gasteiger partial charge in [0.2, 0.25) is 5.91 Å². The van der Waals surface area contributed by atoms with Crippen LogP contribution in [0.1, 0.15) is 32.6 Å². The summed E-state index contributed by atoms with van der Waals surface area (Å²) in [6.45, 7) is 5.95. The lowest BCUT2D eigenvalue weighted by molar-refractivity contribution is -0.125. The Morgan fingerprint density at radius 3 is 2.63 bits per heavy atom. The van der Waals surface area contributed by atoms with E-state index in [0.29, 0.717) is 6.54 Å². The molecule has 1 heterocycles. The van der Waals surface area contributed by atoms with Crippen molar-refractivity contribution in [1.82, 2.24) is 15.5 Å². The normalized spacial score (nSPS) is 13.9. The molecule has 106 valence electrons. The molecule has 0 unspecified atom stereocenters. The summed E-state index contributed by atoms with van der Waals surface area (Å²) in [5.74, 6) is 0.437. The van der Waals surface area contributed by atoms with Crippen molar-refractivity contribution >= 4 is 11.9 Å². The number of carbonyl (C=O) groups excluding carboxylic acids is 2. The fourth-order valence-corrected chi connectivity index (χ4v) is 1.67. The zero-order valence-electron chi connectivity index (χ0n) is 11.8. The summed E-state index contributed by atoms with van der Waals surface area (Å²) in [7, 11) is 1.81. The van der Waals surface area contributed by atoms with Gasteiger partial charge in [-0.1, -0.05) is 0 Å². The average molecular weight is 267 g/mol. The maximum absolute atomic E-state index is 11.9. The number of likely N-dealkylation sites (N-methyl/N-ethyl adjacent to an activating group) is 1. The van der Waals surface area contributed by atoms with Crippen LogP contribution in [-0.4, -0.2) is 36.5 Å². The lowest BCUT2D eigenvalue weighted by Gasteiger charge is -2.28. The third-order valence-corrected chi connectivity index (χ3v) is 3.13. The maximum Gasteiger partial charge on any atom is 0.321 e. The topological polar surface area (TPSA) is 74.6 Å². The van der Waals surface area contributed by atoms with Crippen molar-refractivity contribution in [2.24, 2.45) is 0 Å². The molecule has 0 aliphatic rings. The van der Waals surface area contributed by atoms with E-state index >= 15 is 0 Å². The van der Waals surface area contributed by atoms with Crippen molar-refractivity contribution in [3.63, 3.8) is 0 Å². The van der Waals surface area contributed by atoms with Crippen LogP contribution in [0.4, 0.5) is 4.79 Å². The van der Waals surface area contributed by atoms with Crippen LogP contribution in [0.3, 0.4) is 0 Å². The zero-order chi connectivity index (χ0) is 14.4. The largest absolute Gasteiger partial charge is 0.468 e. The molecule has 0 aliphatic heterocycles. The fraction of sp³-hybridized carbons (Fsp3) is 0.538. The van der Waals surface area contributed by atoms with Crippen molar-refractivity contribution in [1.29, 1.82) is 0 Å². The minimum atomic E-state index is -0.474. The van der Waals surface area contributed by atoms with Gasteiger partial charge in [0, 0.05) is 6.54 Å². The first-order chi connectivity index (χ1) is 8.97. The Morgan fingerprint density at radius 2 is 2.11 bits per heavy atom. The number of furan rings is 1. The molecular formula is C13H21N3O3. The molecule has 1 rings (SSSR count). The summed E-state index contributed by atoms with van der Waals surface area (Å²) in [6.07, 6.45) is 1.60. The number of urea groups is 1. The van der Waals surface area contributed by atoms with Gasteiger partial charge in [-0.3, -0.25) is 15.0 Å². The lowest BCUT2D eigenvalue weighted by Crippen LogP contribution is -2.49. The van der Waals surface area contributed by atoms with Crippen LogP contribution in [0.15, 0.2) is 22.8 Å². The van der Waals surface area contributed by atoms with Crippen molar-refractivity contribution in [3.8, 4) is 0 Å². The average Bonchev–Trinajstić information content (AvgIpc) is 2.90. The Kier molecular flexibility index (Phi) is 5.57. The van der Waals surface area contributed by atoms with Crippen LogP contribution in [-0.2, 0) is 4.79 Å². The Balaban J connectivity index is 2.58. The first kappa shape index (κ1) is 15.2. The molecule has 0 bridgehead atoms. The summed E-state index contributed by atoms with van der Waals surface area (Å²) in [4.78, 5) is 25.0. The van der Waals surface area contributed by atoms with E-state index in [4.69, 9.17) is 4.42 Å². The Labute approximate surface area is 113 Å². The third kappa shape index (κ3) is 4.10.